The van der Waals surface area contributed by atoms with Crippen molar-refractivity contribution in [2.45, 2.75) is 19.8 Å². The lowest BCUT2D eigenvalue weighted by Gasteiger charge is -2.09. The second-order valence-electron chi connectivity index (χ2n) is 7.81. The van der Waals surface area contributed by atoms with Gasteiger partial charge in [-0.3, -0.25) is 9.59 Å². The molecule has 34 heavy (non-hydrogen) atoms. The van der Waals surface area contributed by atoms with Crippen molar-refractivity contribution in [2.75, 3.05) is 18.5 Å². The van der Waals surface area contributed by atoms with Gasteiger partial charge in [-0.1, -0.05) is 18.2 Å². The third-order valence-corrected chi connectivity index (χ3v) is 5.44. The SMILES string of the molecule is CCOc1ccc(NC(=O)CNC(=O)CCc2c(-c3ccc(F)cc3)[nH]c3ccccc23)cc1. The lowest BCUT2D eigenvalue weighted by atomic mass is 10.0. The number of benzene rings is 3. The number of nitrogens with one attached hydrogen (secondary N) is 3. The largest absolute Gasteiger partial charge is 0.494 e. The van der Waals surface area contributed by atoms with Crippen molar-refractivity contribution in [1.29, 1.82) is 0 Å². The second kappa shape index (κ2) is 10.7. The number of carbonyl (C=O) groups excluding carboxylic acids is 2. The number of carbonyl (C=O) groups is 2. The highest BCUT2D eigenvalue weighted by atomic mass is 19.1. The highest BCUT2D eigenvalue weighted by Gasteiger charge is 2.15. The molecular formula is C27H26FN3O3. The molecule has 2 amide bonds. The molecule has 4 rings (SSSR count). The zero-order chi connectivity index (χ0) is 23.9. The molecule has 0 aliphatic rings. The van der Waals surface area contributed by atoms with Crippen molar-refractivity contribution in [1.82, 2.24) is 10.3 Å². The third-order valence-electron chi connectivity index (χ3n) is 5.44. The van der Waals surface area contributed by atoms with Gasteiger partial charge in [-0.15, -0.1) is 0 Å². The van der Waals surface area contributed by atoms with Crippen molar-refractivity contribution < 1.29 is 18.7 Å². The van der Waals surface area contributed by atoms with Gasteiger partial charge in [0.1, 0.15) is 11.6 Å². The predicted octanol–water partition coefficient (Wildman–Crippen LogP) is 5.06. The number of H-pyrrole nitrogens is 1. The number of anilines is 1. The Morgan fingerprint density at radius 1 is 0.941 bits per heavy atom. The van der Waals surface area contributed by atoms with Gasteiger partial charge in [0.2, 0.25) is 11.8 Å². The molecule has 0 bridgehead atoms. The number of hydrogen-bond acceptors (Lipinski definition) is 3. The van der Waals surface area contributed by atoms with E-state index in [1.807, 2.05) is 31.2 Å². The van der Waals surface area contributed by atoms with Gasteiger partial charge in [-0.05, 0) is 79.1 Å². The monoisotopic (exact) mass is 459 g/mol. The molecule has 0 aliphatic heterocycles. The van der Waals surface area contributed by atoms with E-state index in [9.17, 15) is 14.0 Å². The molecule has 0 spiro atoms. The van der Waals surface area contributed by atoms with Gasteiger partial charge in [0.05, 0.1) is 13.2 Å². The number of aromatic amines is 1. The minimum atomic E-state index is -0.309. The van der Waals surface area contributed by atoms with E-state index < -0.39 is 0 Å². The first-order valence-corrected chi connectivity index (χ1v) is 11.2. The standard InChI is InChI=1S/C27H26FN3O3/c1-2-34-21-13-11-20(12-14-21)30-26(33)17-29-25(32)16-15-23-22-5-3-4-6-24(22)31-27(23)18-7-9-19(28)10-8-18/h3-14,31H,2,15-17H2,1H3,(H,29,32)(H,30,33). The molecule has 0 atom stereocenters. The van der Waals surface area contributed by atoms with Crippen LogP contribution in [0.15, 0.2) is 72.8 Å². The maximum absolute atomic E-state index is 13.4. The van der Waals surface area contributed by atoms with Crippen molar-refractivity contribution >= 4 is 28.4 Å². The van der Waals surface area contributed by atoms with Gasteiger partial charge in [0.25, 0.3) is 0 Å². The molecule has 4 aromatic rings. The molecule has 0 fully saturated rings. The molecule has 0 unspecified atom stereocenters. The number of ether oxygens (including phenoxy) is 1. The van der Waals surface area contributed by atoms with Crippen LogP contribution in [0.2, 0.25) is 0 Å². The van der Waals surface area contributed by atoms with E-state index >= 15 is 0 Å². The van der Waals surface area contributed by atoms with Gasteiger partial charge >= 0.3 is 0 Å². The van der Waals surface area contributed by atoms with Gasteiger partial charge < -0.3 is 20.4 Å². The first kappa shape index (κ1) is 23.0. The smallest absolute Gasteiger partial charge is 0.243 e. The Morgan fingerprint density at radius 2 is 1.68 bits per heavy atom. The normalized spacial score (nSPS) is 10.8. The number of halogens is 1. The summed E-state index contributed by atoms with van der Waals surface area (Å²) in [6.07, 6.45) is 0.690. The van der Waals surface area contributed by atoms with E-state index in [1.165, 1.54) is 12.1 Å². The summed E-state index contributed by atoms with van der Waals surface area (Å²) in [6.45, 7) is 2.35. The Morgan fingerprint density at radius 3 is 2.41 bits per heavy atom. The number of para-hydroxylation sites is 1. The minimum absolute atomic E-state index is 0.120. The van der Waals surface area contributed by atoms with Gasteiger partial charge in [-0.2, -0.15) is 0 Å². The Balaban J connectivity index is 1.36. The summed E-state index contributed by atoms with van der Waals surface area (Å²) >= 11 is 0. The zero-order valence-corrected chi connectivity index (χ0v) is 18.9. The molecule has 0 saturated heterocycles. The molecule has 7 heteroatoms. The van der Waals surface area contributed by atoms with Crippen LogP contribution < -0.4 is 15.4 Å². The molecule has 6 nitrogen and oxygen atoms in total. The number of rotatable bonds is 9. The predicted molar refractivity (Wildman–Crippen MR) is 131 cm³/mol. The number of aryl methyl sites for hydroxylation is 1. The van der Waals surface area contributed by atoms with E-state index in [4.69, 9.17) is 4.74 Å². The van der Waals surface area contributed by atoms with E-state index in [0.717, 1.165) is 33.5 Å². The number of fused-ring (bicyclic) bond motifs is 1. The first-order valence-electron chi connectivity index (χ1n) is 11.2. The van der Waals surface area contributed by atoms with Crippen LogP contribution in [0, 0.1) is 5.82 Å². The van der Waals surface area contributed by atoms with Crippen molar-refractivity contribution in [3.8, 4) is 17.0 Å². The topological polar surface area (TPSA) is 83.2 Å². The fourth-order valence-electron chi connectivity index (χ4n) is 3.83. The Kier molecular flexibility index (Phi) is 7.22. The van der Waals surface area contributed by atoms with Gasteiger partial charge in [0.15, 0.2) is 0 Å². The molecule has 1 aromatic heterocycles. The van der Waals surface area contributed by atoms with Crippen LogP contribution in [-0.4, -0.2) is 29.9 Å². The quantitative estimate of drug-likeness (QED) is 0.327. The summed E-state index contributed by atoms with van der Waals surface area (Å²) in [5, 5.41) is 6.44. The van der Waals surface area contributed by atoms with E-state index in [1.54, 1.807) is 36.4 Å². The summed E-state index contributed by atoms with van der Waals surface area (Å²) in [7, 11) is 0. The molecule has 1 heterocycles. The molecule has 3 aromatic carbocycles. The van der Waals surface area contributed by atoms with E-state index in [-0.39, 0.29) is 30.6 Å². The summed E-state index contributed by atoms with van der Waals surface area (Å²) < 4.78 is 18.8. The molecule has 174 valence electrons. The molecule has 0 radical (unpaired) electrons. The van der Waals surface area contributed by atoms with Crippen LogP contribution in [0.25, 0.3) is 22.2 Å². The fourth-order valence-corrected chi connectivity index (χ4v) is 3.83. The maximum Gasteiger partial charge on any atom is 0.243 e. The molecular weight excluding hydrogens is 433 g/mol. The van der Waals surface area contributed by atoms with Gasteiger partial charge in [-0.25, -0.2) is 4.39 Å². The maximum atomic E-state index is 13.4. The second-order valence-corrected chi connectivity index (χ2v) is 7.81. The zero-order valence-electron chi connectivity index (χ0n) is 18.9. The highest BCUT2D eigenvalue weighted by Crippen LogP contribution is 2.31. The van der Waals surface area contributed by atoms with Gasteiger partial charge in [0, 0.05) is 28.7 Å². The average molecular weight is 460 g/mol. The van der Waals surface area contributed by atoms with Crippen molar-refractivity contribution in [3.63, 3.8) is 0 Å². The van der Waals surface area contributed by atoms with E-state index in [2.05, 4.69) is 15.6 Å². The average Bonchev–Trinajstić information content (AvgIpc) is 3.22. The number of hydrogen-bond donors (Lipinski definition) is 3. The van der Waals surface area contributed by atoms with E-state index in [0.29, 0.717) is 18.7 Å². The van der Waals surface area contributed by atoms with Crippen molar-refractivity contribution in [3.05, 3.63) is 84.2 Å². The van der Waals surface area contributed by atoms with Crippen LogP contribution in [0.1, 0.15) is 18.9 Å². The van der Waals surface area contributed by atoms with Crippen LogP contribution in [0.4, 0.5) is 10.1 Å². The van der Waals surface area contributed by atoms with Crippen LogP contribution >= 0.6 is 0 Å². The summed E-state index contributed by atoms with van der Waals surface area (Å²) in [5.74, 6) is -0.107. The van der Waals surface area contributed by atoms with Crippen LogP contribution in [0.3, 0.4) is 0 Å². The lowest BCUT2D eigenvalue weighted by molar-refractivity contribution is -0.124. The molecule has 3 N–H and O–H groups in total. The number of amides is 2. The van der Waals surface area contributed by atoms with Crippen LogP contribution in [0.5, 0.6) is 5.75 Å². The fraction of sp³-hybridized carbons (Fsp3) is 0.185. The summed E-state index contributed by atoms with van der Waals surface area (Å²) in [5.41, 5.74) is 4.28. The Labute approximate surface area is 197 Å². The highest BCUT2D eigenvalue weighted by molar-refractivity contribution is 5.95. The lowest BCUT2D eigenvalue weighted by Crippen LogP contribution is -2.32. The Hall–Kier alpha value is -4.13. The molecule has 0 aliphatic carbocycles. The summed E-state index contributed by atoms with van der Waals surface area (Å²) in [4.78, 5) is 28.1. The third kappa shape index (κ3) is 5.61. The van der Waals surface area contributed by atoms with Crippen molar-refractivity contribution in [2.24, 2.45) is 0 Å². The first-order chi connectivity index (χ1) is 16.5. The minimum Gasteiger partial charge on any atom is -0.494 e. The van der Waals surface area contributed by atoms with Crippen LogP contribution in [-0.2, 0) is 16.0 Å². The molecule has 0 saturated carbocycles. The summed E-state index contributed by atoms with van der Waals surface area (Å²) in [6, 6.07) is 21.2. The Bertz CT molecular complexity index is 1280. The number of aromatic nitrogens is 1.